The van der Waals surface area contributed by atoms with Gasteiger partial charge in [-0.25, -0.2) is 0 Å². The van der Waals surface area contributed by atoms with Crippen molar-refractivity contribution in [1.29, 1.82) is 0 Å². The van der Waals surface area contributed by atoms with E-state index in [0.29, 0.717) is 16.5 Å². The Bertz CT molecular complexity index is 533. The Morgan fingerprint density at radius 2 is 2.46 bits per heavy atom. The highest BCUT2D eigenvalue weighted by molar-refractivity contribution is 5.86. The highest BCUT2D eigenvalue weighted by atomic mass is 16.4. The number of benzene rings is 1. The summed E-state index contributed by atoms with van der Waals surface area (Å²) in [6.07, 6.45) is -0.151. The highest BCUT2D eigenvalue weighted by Crippen LogP contribution is 2.17. The van der Waals surface area contributed by atoms with Gasteiger partial charge in [0.15, 0.2) is 0 Å². The molecule has 1 aromatic carbocycles. The molecule has 0 fully saturated rings. The third-order valence-corrected chi connectivity index (χ3v) is 1.83. The monoisotopic (exact) mass is 177 g/mol. The molecule has 2 aromatic rings. The third-order valence-electron chi connectivity index (χ3n) is 1.83. The van der Waals surface area contributed by atoms with Crippen LogP contribution in [0.25, 0.3) is 10.9 Å². The van der Waals surface area contributed by atoms with Gasteiger partial charge in [-0.05, 0) is 11.6 Å². The fourth-order valence-corrected chi connectivity index (χ4v) is 1.28. The quantitative estimate of drug-likeness (QED) is 0.734. The topological polar surface area (TPSA) is 53.1 Å². The van der Waals surface area contributed by atoms with Crippen molar-refractivity contribution in [2.24, 2.45) is 0 Å². The van der Waals surface area contributed by atoms with Gasteiger partial charge in [-0.3, -0.25) is 4.79 Å². The summed E-state index contributed by atoms with van der Waals surface area (Å²) in [4.78, 5) is 13.4. The standard InChI is InChI=1S/C10H9NO2/c12-10(13)5-7-6-11-9-4-2-1-3-8(7)9/h1-4,6,11H,5H2,(H,12,13)/i3D,6D. The zero-order valence-corrected chi connectivity index (χ0v) is 6.79. The van der Waals surface area contributed by atoms with Crippen molar-refractivity contribution < 1.29 is 12.6 Å². The first kappa shape index (κ1) is 5.80. The van der Waals surface area contributed by atoms with Gasteiger partial charge in [0.1, 0.15) is 0 Å². The Morgan fingerprint density at radius 3 is 3.23 bits per heavy atom. The Labute approximate surface area is 77.8 Å². The second-order valence-corrected chi connectivity index (χ2v) is 2.76. The molecule has 0 saturated carbocycles. The first-order valence-electron chi connectivity index (χ1n) is 4.88. The van der Waals surface area contributed by atoms with Crippen molar-refractivity contribution in [2.75, 3.05) is 0 Å². The number of carboxylic acids is 1. The molecule has 0 aliphatic heterocycles. The number of carboxylic acid groups (broad SMARTS) is 1. The van der Waals surface area contributed by atoms with E-state index in [4.69, 9.17) is 7.85 Å². The van der Waals surface area contributed by atoms with Gasteiger partial charge in [0.2, 0.25) is 0 Å². The second-order valence-electron chi connectivity index (χ2n) is 2.76. The molecular formula is C10H9NO2. The van der Waals surface area contributed by atoms with Crippen LogP contribution >= 0.6 is 0 Å². The van der Waals surface area contributed by atoms with Gasteiger partial charge in [0.05, 0.1) is 9.16 Å². The van der Waals surface area contributed by atoms with Crippen LogP contribution in [0.3, 0.4) is 0 Å². The molecule has 0 radical (unpaired) electrons. The maximum atomic E-state index is 10.6. The van der Waals surface area contributed by atoms with Gasteiger partial charge >= 0.3 is 5.97 Å². The summed E-state index contributed by atoms with van der Waals surface area (Å²) in [7, 11) is 0. The number of para-hydroxylation sites is 1. The van der Waals surface area contributed by atoms with Crippen molar-refractivity contribution in [2.45, 2.75) is 6.42 Å². The molecule has 0 aliphatic carbocycles. The molecular weight excluding hydrogens is 166 g/mol. The number of fused-ring (bicyclic) bond motifs is 1. The summed E-state index contributed by atoms with van der Waals surface area (Å²) in [6, 6.07) is 5.27. The Morgan fingerprint density at radius 1 is 1.62 bits per heavy atom. The minimum Gasteiger partial charge on any atom is -0.481 e. The maximum absolute atomic E-state index is 10.6. The van der Waals surface area contributed by atoms with Gasteiger partial charge in [0, 0.05) is 17.1 Å². The summed E-state index contributed by atoms with van der Waals surface area (Å²) < 4.78 is 15.3. The number of aliphatic carboxylic acids is 1. The second kappa shape index (κ2) is 2.94. The van der Waals surface area contributed by atoms with Crippen molar-refractivity contribution in [3.8, 4) is 0 Å². The smallest absolute Gasteiger partial charge is 0.307 e. The summed E-state index contributed by atoms with van der Waals surface area (Å²) in [5, 5.41) is 9.23. The van der Waals surface area contributed by atoms with Gasteiger partial charge in [-0.1, -0.05) is 18.2 Å². The van der Waals surface area contributed by atoms with Crippen molar-refractivity contribution in [1.82, 2.24) is 4.98 Å². The number of carbonyl (C=O) groups is 1. The molecule has 66 valence electrons. The molecule has 0 bridgehead atoms. The average Bonchev–Trinajstić information content (AvgIpc) is 2.43. The zero-order valence-electron chi connectivity index (χ0n) is 8.79. The minimum atomic E-state index is -0.993. The highest BCUT2D eigenvalue weighted by Gasteiger charge is 2.05. The van der Waals surface area contributed by atoms with E-state index in [1.165, 1.54) is 0 Å². The van der Waals surface area contributed by atoms with Gasteiger partial charge in [-0.2, -0.15) is 0 Å². The van der Waals surface area contributed by atoms with Gasteiger partial charge in [0.25, 0.3) is 0 Å². The van der Waals surface area contributed by atoms with E-state index in [1.807, 2.05) is 0 Å². The van der Waals surface area contributed by atoms with E-state index in [9.17, 15) is 4.79 Å². The molecule has 2 N–H and O–H groups in total. The number of hydrogen-bond donors (Lipinski definition) is 2. The number of nitrogens with one attached hydrogen (secondary N) is 1. The van der Waals surface area contributed by atoms with Gasteiger partial charge in [-0.15, -0.1) is 0 Å². The lowest BCUT2D eigenvalue weighted by Crippen LogP contribution is -1.98. The van der Waals surface area contributed by atoms with Crippen LogP contribution in [0.5, 0.6) is 0 Å². The van der Waals surface area contributed by atoms with E-state index in [0.717, 1.165) is 0 Å². The molecule has 0 saturated heterocycles. The number of hydrogen-bond acceptors (Lipinski definition) is 1. The molecule has 1 aromatic heterocycles. The molecule has 3 heteroatoms. The van der Waals surface area contributed by atoms with Crippen molar-refractivity contribution in [3.63, 3.8) is 0 Å². The van der Waals surface area contributed by atoms with Crippen LogP contribution in [0.15, 0.2) is 30.4 Å². The summed E-state index contributed by atoms with van der Waals surface area (Å²) in [5.41, 5.74) is 1.02. The molecule has 0 atom stereocenters. The zero-order chi connectivity index (χ0) is 11.0. The van der Waals surface area contributed by atoms with Crippen molar-refractivity contribution >= 4 is 16.9 Å². The van der Waals surface area contributed by atoms with Crippen LogP contribution < -0.4 is 0 Å². The van der Waals surface area contributed by atoms with Crippen LogP contribution in [0.4, 0.5) is 0 Å². The number of aromatic nitrogens is 1. The number of H-pyrrole nitrogens is 1. The van der Waals surface area contributed by atoms with Crippen LogP contribution in [0.2, 0.25) is 0 Å². The molecule has 3 nitrogen and oxygen atoms in total. The summed E-state index contributed by atoms with van der Waals surface area (Å²) >= 11 is 0. The van der Waals surface area contributed by atoms with Crippen LogP contribution in [0.1, 0.15) is 8.30 Å². The van der Waals surface area contributed by atoms with E-state index in [1.54, 1.807) is 18.2 Å². The molecule has 0 amide bonds. The largest absolute Gasteiger partial charge is 0.481 e. The van der Waals surface area contributed by atoms with Crippen molar-refractivity contribution in [3.05, 3.63) is 36.0 Å². The van der Waals surface area contributed by atoms with Crippen LogP contribution in [0, 0.1) is 0 Å². The van der Waals surface area contributed by atoms with E-state index < -0.39 is 5.97 Å². The minimum absolute atomic E-state index is 0.0760. The third kappa shape index (κ3) is 1.40. The fraction of sp³-hybridized carbons (Fsp3) is 0.100. The molecule has 13 heavy (non-hydrogen) atoms. The normalized spacial score (nSPS) is 12.6. The fourth-order valence-electron chi connectivity index (χ4n) is 1.28. The number of rotatable bonds is 2. The Balaban J connectivity index is 2.71. The summed E-state index contributed by atoms with van der Waals surface area (Å²) in [6.45, 7) is 0. The van der Waals surface area contributed by atoms with E-state index in [2.05, 4.69) is 4.98 Å². The summed E-state index contributed by atoms with van der Waals surface area (Å²) in [5.74, 6) is -0.993. The predicted molar refractivity (Wildman–Crippen MR) is 49.6 cm³/mol. The molecule has 1 heterocycles. The first-order valence-corrected chi connectivity index (χ1v) is 3.88. The lowest BCUT2D eigenvalue weighted by atomic mass is 10.1. The Kier molecular flexibility index (Phi) is 1.31. The van der Waals surface area contributed by atoms with Crippen LogP contribution in [-0.4, -0.2) is 16.1 Å². The molecule has 2 rings (SSSR count). The molecule has 0 unspecified atom stereocenters. The Hall–Kier alpha value is -1.77. The predicted octanol–water partition coefficient (Wildman–Crippen LogP) is 1.79. The SMILES string of the molecule is [2H]c1[nH]c2cccc([2H])c2c1CC(=O)O. The maximum Gasteiger partial charge on any atom is 0.307 e. The van der Waals surface area contributed by atoms with E-state index >= 15 is 0 Å². The number of aromatic amines is 1. The lowest BCUT2D eigenvalue weighted by Gasteiger charge is -1.92. The first-order chi connectivity index (χ1) is 7.09. The van der Waals surface area contributed by atoms with E-state index in [-0.39, 0.29) is 18.6 Å². The van der Waals surface area contributed by atoms with Crippen LogP contribution in [-0.2, 0) is 11.2 Å². The molecule has 0 aliphatic rings. The lowest BCUT2D eigenvalue weighted by molar-refractivity contribution is -0.136. The molecule has 0 spiro atoms. The average molecular weight is 177 g/mol. The van der Waals surface area contributed by atoms with Gasteiger partial charge < -0.3 is 10.1 Å².